The minimum atomic E-state index is -1.00. The summed E-state index contributed by atoms with van der Waals surface area (Å²) in [7, 11) is 1.54. The Balaban J connectivity index is 2.49. The third kappa shape index (κ3) is 2.08. The normalized spacial score (nSPS) is 11.2. The standard InChI is InChI=1S/C11H12F2N2O2/c1-17-6-2-5-15-10-8(14-11(15)16)4-3-7(12)9(10)13/h3-4H,2,5-6H2,1H3,(H,14,16). The van der Waals surface area contributed by atoms with Crippen molar-refractivity contribution in [3.63, 3.8) is 0 Å². The van der Waals surface area contributed by atoms with Crippen LogP contribution in [-0.2, 0) is 11.3 Å². The van der Waals surface area contributed by atoms with E-state index in [0.717, 1.165) is 6.07 Å². The Labute approximate surface area is 95.8 Å². The Morgan fingerprint density at radius 2 is 2.18 bits per heavy atom. The van der Waals surface area contributed by atoms with Crippen LogP contribution in [0.4, 0.5) is 8.78 Å². The first-order chi connectivity index (χ1) is 8.15. The van der Waals surface area contributed by atoms with Crippen LogP contribution in [0, 0.1) is 11.6 Å². The fourth-order valence-electron chi connectivity index (χ4n) is 1.77. The summed E-state index contributed by atoms with van der Waals surface area (Å²) in [5, 5.41) is 0. The molecule has 1 heterocycles. The van der Waals surface area contributed by atoms with Gasteiger partial charge >= 0.3 is 5.69 Å². The fraction of sp³-hybridized carbons (Fsp3) is 0.364. The van der Waals surface area contributed by atoms with Crippen molar-refractivity contribution in [2.45, 2.75) is 13.0 Å². The summed E-state index contributed by atoms with van der Waals surface area (Å²) in [6.45, 7) is 0.739. The van der Waals surface area contributed by atoms with Gasteiger partial charge in [0.25, 0.3) is 0 Å². The monoisotopic (exact) mass is 242 g/mol. The van der Waals surface area contributed by atoms with Gasteiger partial charge in [0.05, 0.1) is 5.52 Å². The summed E-state index contributed by atoms with van der Waals surface area (Å²) < 4.78 is 32.7. The maximum absolute atomic E-state index is 13.6. The molecule has 0 saturated heterocycles. The molecule has 92 valence electrons. The largest absolute Gasteiger partial charge is 0.385 e. The van der Waals surface area contributed by atoms with E-state index in [2.05, 4.69) is 4.98 Å². The van der Waals surface area contributed by atoms with E-state index in [9.17, 15) is 13.6 Å². The van der Waals surface area contributed by atoms with Crippen LogP contribution in [-0.4, -0.2) is 23.3 Å². The van der Waals surface area contributed by atoms with Crippen LogP contribution in [0.15, 0.2) is 16.9 Å². The Hall–Kier alpha value is -1.69. The molecule has 1 aromatic heterocycles. The molecule has 0 fully saturated rings. The number of methoxy groups -OCH3 is 1. The quantitative estimate of drug-likeness (QED) is 0.828. The van der Waals surface area contributed by atoms with Gasteiger partial charge in [-0.1, -0.05) is 0 Å². The Morgan fingerprint density at radius 1 is 1.41 bits per heavy atom. The van der Waals surface area contributed by atoms with Gasteiger partial charge in [-0.05, 0) is 18.6 Å². The number of imidazole rings is 1. The minimum Gasteiger partial charge on any atom is -0.385 e. The number of benzene rings is 1. The number of nitrogens with zero attached hydrogens (tertiary/aromatic N) is 1. The van der Waals surface area contributed by atoms with Gasteiger partial charge in [0.15, 0.2) is 11.6 Å². The summed E-state index contributed by atoms with van der Waals surface area (Å²) in [5.74, 6) is -1.96. The molecule has 17 heavy (non-hydrogen) atoms. The van der Waals surface area contributed by atoms with Gasteiger partial charge in [-0.25, -0.2) is 13.6 Å². The van der Waals surface area contributed by atoms with Crippen molar-refractivity contribution in [1.29, 1.82) is 0 Å². The van der Waals surface area contributed by atoms with Crippen LogP contribution in [0.25, 0.3) is 11.0 Å². The number of fused-ring (bicyclic) bond motifs is 1. The van der Waals surface area contributed by atoms with Crippen LogP contribution in [0.5, 0.6) is 0 Å². The molecular weight excluding hydrogens is 230 g/mol. The summed E-state index contributed by atoms with van der Waals surface area (Å²) >= 11 is 0. The molecule has 0 amide bonds. The number of ether oxygens (including phenoxy) is 1. The first kappa shape index (κ1) is 11.8. The smallest absolute Gasteiger partial charge is 0.326 e. The lowest BCUT2D eigenvalue weighted by Crippen LogP contribution is -2.18. The zero-order valence-electron chi connectivity index (χ0n) is 9.30. The summed E-state index contributed by atoms with van der Waals surface area (Å²) in [4.78, 5) is 14.1. The second-order valence-electron chi connectivity index (χ2n) is 3.69. The second-order valence-corrected chi connectivity index (χ2v) is 3.69. The number of hydrogen-bond acceptors (Lipinski definition) is 2. The zero-order valence-corrected chi connectivity index (χ0v) is 9.30. The van der Waals surface area contributed by atoms with Crippen molar-refractivity contribution in [3.05, 3.63) is 34.3 Å². The summed E-state index contributed by atoms with van der Waals surface area (Å²) in [6, 6.07) is 2.34. The van der Waals surface area contributed by atoms with E-state index in [1.165, 1.54) is 17.7 Å². The van der Waals surface area contributed by atoms with E-state index < -0.39 is 17.3 Å². The van der Waals surface area contributed by atoms with Crippen molar-refractivity contribution in [2.24, 2.45) is 0 Å². The lowest BCUT2D eigenvalue weighted by molar-refractivity contribution is 0.190. The van der Waals surface area contributed by atoms with Gasteiger partial charge in [0.2, 0.25) is 0 Å². The Morgan fingerprint density at radius 3 is 2.88 bits per heavy atom. The fourth-order valence-corrected chi connectivity index (χ4v) is 1.77. The molecule has 6 heteroatoms. The van der Waals surface area contributed by atoms with Crippen molar-refractivity contribution in [3.8, 4) is 0 Å². The number of nitrogens with one attached hydrogen (secondary N) is 1. The first-order valence-corrected chi connectivity index (χ1v) is 5.20. The average Bonchev–Trinajstić information content (AvgIpc) is 2.62. The van der Waals surface area contributed by atoms with E-state index in [-0.39, 0.29) is 12.1 Å². The molecule has 0 aliphatic rings. The molecule has 0 radical (unpaired) electrons. The van der Waals surface area contributed by atoms with Gasteiger partial charge < -0.3 is 9.72 Å². The molecule has 0 saturated carbocycles. The Kier molecular flexibility index (Phi) is 3.23. The number of aromatic nitrogens is 2. The highest BCUT2D eigenvalue weighted by molar-refractivity contribution is 5.75. The van der Waals surface area contributed by atoms with Gasteiger partial charge in [-0.3, -0.25) is 4.57 Å². The molecule has 0 aliphatic heterocycles. The van der Waals surface area contributed by atoms with E-state index in [4.69, 9.17) is 4.74 Å². The molecule has 4 nitrogen and oxygen atoms in total. The highest BCUT2D eigenvalue weighted by atomic mass is 19.2. The van der Waals surface area contributed by atoms with Crippen molar-refractivity contribution in [2.75, 3.05) is 13.7 Å². The van der Waals surface area contributed by atoms with Crippen LogP contribution in [0.1, 0.15) is 6.42 Å². The van der Waals surface area contributed by atoms with E-state index >= 15 is 0 Å². The Bertz CT molecular complexity index is 589. The molecule has 0 spiro atoms. The van der Waals surface area contributed by atoms with Crippen LogP contribution in [0.3, 0.4) is 0 Å². The first-order valence-electron chi connectivity index (χ1n) is 5.20. The summed E-state index contributed by atoms with van der Waals surface area (Å²) in [5.41, 5.74) is -0.168. The third-order valence-electron chi connectivity index (χ3n) is 2.56. The predicted molar refractivity (Wildman–Crippen MR) is 59.0 cm³/mol. The van der Waals surface area contributed by atoms with Crippen LogP contribution < -0.4 is 5.69 Å². The molecule has 2 rings (SSSR count). The zero-order chi connectivity index (χ0) is 12.4. The molecule has 1 aromatic carbocycles. The molecule has 2 aromatic rings. The van der Waals surface area contributed by atoms with Gasteiger partial charge in [-0.2, -0.15) is 0 Å². The number of halogens is 2. The van der Waals surface area contributed by atoms with Crippen molar-refractivity contribution >= 4 is 11.0 Å². The van der Waals surface area contributed by atoms with Gasteiger partial charge in [0, 0.05) is 20.3 Å². The molecule has 0 unspecified atom stereocenters. The minimum absolute atomic E-state index is 0.0221. The number of aryl methyl sites for hydroxylation is 1. The maximum atomic E-state index is 13.6. The number of rotatable bonds is 4. The molecule has 0 bridgehead atoms. The predicted octanol–water partition coefficient (Wildman–Crippen LogP) is 1.64. The lowest BCUT2D eigenvalue weighted by Gasteiger charge is -2.03. The number of H-pyrrole nitrogens is 1. The topological polar surface area (TPSA) is 47.0 Å². The SMILES string of the molecule is COCCCn1c(=O)[nH]c2ccc(F)c(F)c21. The van der Waals surface area contributed by atoms with Crippen molar-refractivity contribution < 1.29 is 13.5 Å². The van der Waals surface area contributed by atoms with Crippen LogP contribution in [0.2, 0.25) is 0 Å². The average molecular weight is 242 g/mol. The van der Waals surface area contributed by atoms with Crippen LogP contribution >= 0.6 is 0 Å². The van der Waals surface area contributed by atoms with Gasteiger partial charge in [0.1, 0.15) is 5.52 Å². The molecule has 0 aliphatic carbocycles. The van der Waals surface area contributed by atoms with Gasteiger partial charge in [-0.15, -0.1) is 0 Å². The summed E-state index contributed by atoms with van der Waals surface area (Å²) in [6.07, 6.45) is 0.555. The van der Waals surface area contributed by atoms with E-state index in [0.29, 0.717) is 18.5 Å². The van der Waals surface area contributed by atoms with E-state index in [1.807, 2.05) is 0 Å². The van der Waals surface area contributed by atoms with E-state index in [1.54, 1.807) is 0 Å². The molecule has 0 atom stereocenters. The molecular formula is C11H12F2N2O2. The second kappa shape index (κ2) is 4.67. The number of aromatic amines is 1. The third-order valence-corrected chi connectivity index (χ3v) is 2.56. The van der Waals surface area contributed by atoms with Crippen molar-refractivity contribution in [1.82, 2.24) is 9.55 Å². The highest BCUT2D eigenvalue weighted by Gasteiger charge is 2.14. The lowest BCUT2D eigenvalue weighted by atomic mass is 10.3. The maximum Gasteiger partial charge on any atom is 0.326 e. The number of hydrogen-bond donors (Lipinski definition) is 1. The molecule has 1 N–H and O–H groups in total. The highest BCUT2D eigenvalue weighted by Crippen LogP contribution is 2.17.